The van der Waals surface area contributed by atoms with Gasteiger partial charge in [-0.2, -0.15) is 0 Å². The summed E-state index contributed by atoms with van der Waals surface area (Å²) >= 11 is 6.15. The van der Waals surface area contributed by atoms with Crippen LogP contribution in [0, 0.1) is 5.92 Å². The van der Waals surface area contributed by atoms with Gasteiger partial charge in [0, 0.05) is 31.2 Å². The Labute approximate surface area is 165 Å². The number of rotatable bonds is 5. The Kier molecular flexibility index (Phi) is 7.10. The molecule has 2 heterocycles. The highest BCUT2D eigenvalue weighted by molar-refractivity contribution is 6.31. The Balaban J connectivity index is 1.52. The molecule has 0 radical (unpaired) electrons. The Bertz CT molecular complexity index is 664. The second-order valence-electron chi connectivity index (χ2n) is 7.26. The van der Waals surface area contributed by atoms with Crippen molar-refractivity contribution in [1.29, 1.82) is 0 Å². The number of hydrogen-bond donors (Lipinski definition) is 1. The summed E-state index contributed by atoms with van der Waals surface area (Å²) in [7, 11) is 0. The normalized spacial score (nSPS) is 22.3. The molecule has 2 saturated heterocycles. The van der Waals surface area contributed by atoms with Gasteiger partial charge in [-0.05, 0) is 37.9 Å². The van der Waals surface area contributed by atoms with Gasteiger partial charge in [-0.3, -0.25) is 14.5 Å². The molecule has 2 atom stereocenters. The van der Waals surface area contributed by atoms with Gasteiger partial charge in [0.15, 0.2) is 0 Å². The monoisotopic (exact) mass is 393 g/mol. The van der Waals surface area contributed by atoms with Gasteiger partial charge in [0.25, 0.3) is 0 Å². The van der Waals surface area contributed by atoms with Crippen molar-refractivity contribution in [2.75, 3.05) is 39.4 Å². The minimum absolute atomic E-state index is 0.0318. The lowest BCUT2D eigenvalue weighted by molar-refractivity contribution is -0.142. The molecule has 7 heteroatoms. The first-order valence-electron chi connectivity index (χ1n) is 9.68. The van der Waals surface area contributed by atoms with E-state index in [0.29, 0.717) is 44.4 Å². The fourth-order valence-electron chi connectivity index (χ4n) is 3.74. The first-order valence-corrected chi connectivity index (χ1v) is 10.1. The molecule has 1 aromatic rings. The largest absolute Gasteiger partial charge is 0.378 e. The molecule has 1 N–H and O–H groups in total. The quantitative estimate of drug-likeness (QED) is 0.830. The van der Waals surface area contributed by atoms with Crippen LogP contribution in [0.1, 0.15) is 25.3 Å². The van der Waals surface area contributed by atoms with E-state index in [9.17, 15) is 9.59 Å². The van der Waals surface area contributed by atoms with Crippen LogP contribution in [0.4, 0.5) is 0 Å². The van der Waals surface area contributed by atoms with Gasteiger partial charge >= 0.3 is 0 Å². The van der Waals surface area contributed by atoms with Gasteiger partial charge in [0.05, 0.1) is 25.2 Å². The third-order valence-corrected chi connectivity index (χ3v) is 5.83. The highest BCUT2D eigenvalue weighted by Gasteiger charge is 2.33. The Morgan fingerprint density at radius 2 is 2.00 bits per heavy atom. The van der Waals surface area contributed by atoms with Gasteiger partial charge in [0.2, 0.25) is 11.8 Å². The van der Waals surface area contributed by atoms with Crippen molar-refractivity contribution in [2.45, 2.75) is 32.4 Å². The minimum atomic E-state index is -0.271. The average molecular weight is 394 g/mol. The molecule has 0 aliphatic carbocycles. The SMILES string of the molecule is CC(C(=O)NCc1ccccc1Cl)N1CCCC(C(=O)N2CCOCC2)C1. The average Bonchev–Trinajstić information content (AvgIpc) is 2.72. The zero-order valence-electron chi connectivity index (χ0n) is 15.8. The number of piperidine rings is 1. The minimum Gasteiger partial charge on any atom is -0.378 e. The molecule has 2 aliphatic rings. The second-order valence-corrected chi connectivity index (χ2v) is 7.66. The molecule has 3 rings (SSSR count). The lowest BCUT2D eigenvalue weighted by Gasteiger charge is -2.38. The maximum atomic E-state index is 12.8. The van der Waals surface area contributed by atoms with E-state index in [2.05, 4.69) is 10.2 Å². The summed E-state index contributed by atoms with van der Waals surface area (Å²) in [6.07, 6.45) is 1.82. The number of carbonyl (C=O) groups is 2. The van der Waals surface area contributed by atoms with E-state index in [0.717, 1.165) is 24.9 Å². The van der Waals surface area contributed by atoms with E-state index in [1.54, 1.807) is 0 Å². The number of benzene rings is 1. The number of carbonyl (C=O) groups excluding carboxylic acids is 2. The topological polar surface area (TPSA) is 61.9 Å². The molecule has 0 saturated carbocycles. The van der Waals surface area contributed by atoms with Gasteiger partial charge in [-0.15, -0.1) is 0 Å². The lowest BCUT2D eigenvalue weighted by Crippen LogP contribution is -2.53. The maximum absolute atomic E-state index is 12.8. The molecule has 6 nitrogen and oxygen atoms in total. The lowest BCUT2D eigenvalue weighted by atomic mass is 9.95. The molecule has 27 heavy (non-hydrogen) atoms. The van der Waals surface area contributed by atoms with Crippen LogP contribution in [0.15, 0.2) is 24.3 Å². The second kappa shape index (κ2) is 9.53. The number of likely N-dealkylation sites (tertiary alicyclic amines) is 1. The van der Waals surface area contributed by atoms with Crippen LogP contribution < -0.4 is 5.32 Å². The van der Waals surface area contributed by atoms with Crippen molar-refractivity contribution in [1.82, 2.24) is 15.1 Å². The smallest absolute Gasteiger partial charge is 0.237 e. The summed E-state index contributed by atoms with van der Waals surface area (Å²) in [4.78, 5) is 29.4. The van der Waals surface area contributed by atoms with Gasteiger partial charge < -0.3 is 15.0 Å². The van der Waals surface area contributed by atoms with Crippen molar-refractivity contribution < 1.29 is 14.3 Å². The zero-order valence-corrected chi connectivity index (χ0v) is 16.6. The van der Waals surface area contributed by atoms with Crippen molar-refractivity contribution in [3.05, 3.63) is 34.9 Å². The summed E-state index contributed by atoms with van der Waals surface area (Å²) in [6.45, 7) is 6.36. The van der Waals surface area contributed by atoms with Gasteiger partial charge in [-0.25, -0.2) is 0 Å². The summed E-state index contributed by atoms with van der Waals surface area (Å²) < 4.78 is 5.33. The predicted octanol–water partition coefficient (Wildman–Crippen LogP) is 1.92. The number of halogens is 1. The molecule has 0 aromatic heterocycles. The molecule has 0 spiro atoms. The first kappa shape index (κ1) is 20.1. The van der Waals surface area contributed by atoms with E-state index in [4.69, 9.17) is 16.3 Å². The van der Waals surface area contributed by atoms with Gasteiger partial charge in [-0.1, -0.05) is 29.8 Å². The predicted molar refractivity (Wildman–Crippen MR) is 104 cm³/mol. The van der Waals surface area contributed by atoms with Crippen LogP contribution in [-0.2, 0) is 20.9 Å². The molecule has 2 amide bonds. The number of nitrogens with zero attached hydrogens (tertiary/aromatic N) is 2. The van der Waals surface area contributed by atoms with Crippen LogP contribution in [0.25, 0.3) is 0 Å². The van der Waals surface area contributed by atoms with Gasteiger partial charge in [0.1, 0.15) is 0 Å². The molecule has 2 fully saturated rings. The number of morpholine rings is 1. The number of hydrogen-bond acceptors (Lipinski definition) is 4. The standard InChI is InChI=1S/C20H28ClN3O3/c1-15(19(25)22-13-16-5-2-3-7-18(16)21)24-8-4-6-17(14-24)20(26)23-9-11-27-12-10-23/h2-3,5,7,15,17H,4,6,8-14H2,1H3,(H,22,25). The van der Waals surface area contributed by atoms with Crippen molar-refractivity contribution in [3.8, 4) is 0 Å². The maximum Gasteiger partial charge on any atom is 0.237 e. The summed E-state index contributed by atoms with van der Waals surface area (Å²) in [5.41, 5.74) is 0.902. The van der Waals surface area contributed by atoms with E-state index in [1.165, 1.54) is 0 Å². The fraction of sp³-hybridized carbons (Fsp3) is 0.600. The number of nitrogens with one attached hydrogen (secondary N) is 1. The van der Waals surface area contributed by atoms with Crippen LogP contribution in [0.3, 0.4) is 0 Å². The highest BCUT2D eigenvalue weighted by atomic mass is 35.5. The number of ether oxygens (including phenoxy) is 1. The van der Waals surface area contributed by atoms with Crippen LogP contribution in [-0.4, -0.2) is 67.0 Å². The van der Waals surface area contributed by atoms with Crippen LogP contribution >= 0.6 is 11.6 Å². The molecule has 2 unspecified atom stereocenters. The molecule has 2 aliphatic heterocycles. The Hall–Kier alpha value is -1.63. The number of amides is 2. The summed E-state index contributed by atoms with van der Waals surface area (Å²) in [5.74, 6) is 0.136. The van der Waals surface area contributed by atoms with Crippen molar-refractivity contribution >= 4 is 23.4 Å². The highest BCUT2D eigenvalue weighted by Crippen LogP contribution is 2.21. The molecule has 0 bridgehead atoms. The summed E-state index contributed by atoms with van der Waals surface area (Å²) in [6, 6.07) is 7.23. The van der Waals surface area contributed by atoms with E-state index in [1.807, 2.05) is 36.1 Å². The molecular formula is C20H28ClN3O3. The third-order valence-electron chi connectivity index (χ3n) is 5.46. The van der Waals surface area contributed by atoms with Crippen LogP contribution in [0.2, 0.25) is 5.02 Å². The summed E-state index contributed by atoms with van der Waals surface area (Å²) in [5, 5.41) is 3.62. The van der Waals surface area contributed by atoms with E-state index in [-0.39, 0.29) is 23.8 Å². The Morgan fingerprint density at radius 3 is 2.74 bits per heavy atom. The van der Waals surface area contributed by atoms with Crippen molar-refractivity contribution in [3.63, 3.8) is 0 Å². The molecular weight excluding hydrogens is 366 g/mol. The van der Waals surface area contributed by atoms with E-state index >= 15 is 0 Å². The van der Waals surface area contributed by atoms with Crippen molar-refractivity contribution in [2.24, 2.45) is 5.92 Å². The van der Waals surface area contributed by atoms with Crippen LogP contribution in [0.5, 0.6) is 0 Å². The van der Waals surface area contributed by atoms with E-state index < -0.39 is 0 Å². The molecule has 1 aromatic carbocycles. The first-order chi connectivity index (χ1) is 13.1. The Morgan fingerprint density at radius 1 is 1.26 bits per heavy atom. The fourth-order valence-corrected chi connectivity index (χ4v) is 3.94. The third kappa shape index (κ3) is 5.21. The molecule has 148 valence electrons. The zero-order chi connectivity index (χ0) is 19.2.